The van der Waals surface area contributed by atoms with Crippen LogP contribution in [0.15, 0.2) is 24.3 Å². The SMILES string of the molecule is CC1CCCC(C)C1Nc1ccc(CCO)cc1. The Labute approximate surface area is 110 Å². The molecule has 0 bridgehead atoms. The van der Waals surface area contributed by atoms with Crippen molar-refractivity contribution >= 4 is 5.69 Å². The predicted octanol–water partition coefficient (Wildman–Crippen LogP) is 3.46. The lowest BCUT2D eigenvalue weighted by Gasteiger charge is -2.36. The Morgan fingerprint density at radius 3 is 2.28 bits per heavy atom. The molecule has 2 N–H and O–H groups in total. The average molecular weight is 247 g/mol. The van der Waals surface area contributed by atoms with Gasteiger partial charge in [0.1, 0.15) is 0 Å². The molecule has 0 aliphatic heterocycles. The molecule has 100 valence electrons. The molecule has 2 heteroatoms. The van der Waals surface area contributed by atoms with Gasteiger partial charge in [0.25, 0.3) is 0 Å². The molecule has 1 aliphatic carbocycles. The smallest absolute Gasteiger partial charge is 0.0471 e. The lowest BCUT2D eigenvalue weighted by molar-refractivity contribution is 0.268. The highest BCUT2D eigenvalue weighted by Gasteiger charge is 2.27. The summed E-state index contributed by atoms with van der Waals surface area (Å²) in [5, 5.41) is 12.6. The van der Waals surface area contributed by atoms with Crippen molar-refractivity contribution in [3.05, 3.63) is 29.8 Å². The van der Waals surface area contributed by atoms with Crippen molar-refractivity contribution in [1.29, 1.82) is 0 Å². The van der Waals surface area contributed by atoms with Crippen molar-refractivity contribution in [2.75, 3.05) is 11.9 Å². The first-order valence-electron chi connectivity index (χ1n) is 7.17. The van der Waals surface area contributed by atoms with E-state index in [0.29, 0.717) is 6.04 Å². The third-order valence-corrected chi connectivity index (χ3v) is 4.23. The molecule has 2 unspecified atom stereocenters. The third kappa shape index (κ3) is 3.26. The van der Waals surface area contributed by atoms with E-state index in [0.717, 1.165) is 18.3 Å². The second kappa shape index (κ2) is 6.24. The van der Waals surface area contributed by atoms with Crippen LogP contribution in [-0.4, -0.2) is 17.8 Å². The topological polar surface area (TPSA) is 32.3 Å². The molecule has 2 nitrogen and oxygen atoms in total. The Morgan fingerprint density at radius 2 is 1.72 bits per heavy atom. The van der Waals surface area contributed by atoms with Crippen LogP contribution in [0.25, 0.3) is 0 Å². The Bertz CT molecular complexity index is 350. The molecule has 0 aromatic heterocycles. The summed E-state index contributed by atoms with van der Waals surface area (Å²) < 4.78 is 0. The highest BCUT2D eigenvalue weighted by atomic mass is 16.2. The number of hydrogen-bond donors (Lipinski definition) is 2. The summed E-state index contributed by atoms with van der Waals surface area (Å²) in [6, 6.07) is 9.09. The van der Waals surface area contributed by atoms with Crippen LogP contribution in [-0.2, 0) is 6.42 Å². The Balaban J connectivity index is 1.99. The Hall–Kier alpha value is -1.02. The maximum absolute atomic E-state index is 8.90. The molecule has 1 fully saturated rings. The summed E-state index contributed by atoms with van der Waals surface area (Å²) in [6.07, 6.45) is 4.79. The second-order valence-corrected chi connectivity index (χ2v) is 5.73. The molecule has 0 saturated heterocycles. The number of nitrogens with one attached hydrogen (secondary N) is 1. The van der Waals surface area contributed by atoms with Crippen LogP contribution in [0, 0.1) is 11.8 Å². The molecule has 2 atom stereocenters. The fourth-order valence-corrected chi connectivity index (χ4v) is 3.06. The third-order valence-electron chi connectivity index (χ3n) is 4.23. The number of rotatable bonds is 4. The zero-order valence-corrected chi connectivity index (χ0v) is 11.5. The zero-order chi connectivity index (χ0) is 13.0. The van der Waals surface area contributed by atoms with Gasteiger partial charge in [0.15, 0.2) is 0 Å². The van der Waals surface area contributed by atoms with Gasteiger partial charge in [-0.05, 0) is 48.8 Å². The van der Waals surface area contributed by atoms with Gasteiger partial charge >= 0.3 is 0 Å². The minimum atomic E-state index is 0.226. The molecule has 18 heavy (non-hydrogen) atoms. The van der Waals surface area contributed by atoms with Crippen LogP contribution in [0.3, 0.4) is 0 Å². The second-order valence-electron chi connectivity index (χ2n) is 5.73. The first-order chi connectivity index (χ1) is 8.70. The van der Waals surface area contributed by atoms with E-state index < -0.39 is 0 Å². The van der Waals surface area contributed by atoms with Crippen molar-refractivity contribution < 1.29 is 5.11 Å². The van der Waals surface area contributed by atoms with E-state index in [-0.39, 0.29) is 6.61 Å². The maximum Gasteiger partial charge on any atom is 0.0471 e. The number of benzene rings is 1. The number of aliphatic hydroxyl groups excluding tert-OH is 1. The minimum Gasteiger partial charge on any atom is -0.396 e. The van der Waals surface area contributed by atoms with Gasteiger partial charge < -0.3 is 10.4 Å². The number of aliphatic hydroxyl groups is 1. The fraction of sp³-hybridized carbons (Fsp3) is 0.625. The van der Waals surface area contributed by atoms with E-state index in [9.17, 15) is 0 Å². The summed E-state index contributed by atoms with van der Waals surface area (Å²) in [7, 11) is 0. The van der Waals surface area contributed by atoms with Gasteiger partial charge in [0.2, 0.25) is 0 Å². The summed E-state index contributed by atoms with van der Waals surface area (Å²) in [6.45, 7) is 4.93. The monoisotopic (exact) mass is 247 g/mol. The molecular weight excluding hydrogens is 222 g/mol. The van der Waals surface area contributed by atoms with Gasteiger partial charge in [-0.3, -0.25) is 0 Å². The molecular formula is C16H25NO. The molecule has 1 aromatic rings. The Morgan fingerprint density at radius 1 is 1.11 bits per heavy atom. The van der Waals surface area contributed by atoms with Gasteiger partial charge in [0, 0.05) is 18.3 Å². The lowest BCUT2D eigenvalue weighted by atomic mass is 9.78. The van der Waals surface area contributed by atoms with Gasteiger partial charge in [-0.1, -0.05) is 32.4 Å². The van der Waals surface area contributed by atoms with Crippen LogP contribution in [0.1, 0.15) is 38.7 Å². The predicted molar refractivity (Wildman–Crippen MR) is 76.8 cm³/mol. The first-order valence-corrected chi connectivity index (χ1v) is 7.17. The number of anilines is 1. The molecule has 1 aliphatic rings. The molecule has 2 rings (SSSR count). The van der Waals surface area contributed by atoms with Gasteiger partial charge in [-0.15, -0.1) is 0 Å². The molecule has 0 amide bonds. The van der Waals surface area contributed by atoms with E-state index in [1.807, 2.05) is 0 Å². The van der Waals surface area contributed by atoms with E-state index in [4.69, 9.17) is 5.11 Å². The highest BCUT2D eigenvalue weighted by Crippen LogP contribution is 2.31. The molecule has 1 aromatic carbocycles. The summed E-state index contributed by atoms with van der Waals surface area (Å²) in [4.78, 5) is 0. The fourth-order valence-electron chi connectivity index (χ4n) is 3.06. The average Bonchev–Trinajstić information content (AvgIpc) is 2.36. The maximum atomic E-state index is 8.90. The quantitative estimate of drug-likeness (QED) is 0.854. The first kappa shape index (κ1) is 13.4. The van der Waals surface area contributed by atoms with Crippen LogP contribution in [0.5, 0.6) is 0 Å². The van der Waals surface area contributed by atoms with Crippen molar-refractivity contribution in [3.8, 4) is 0 Å². The zero-order valence-electron chi connectivity index (χ0n) is 11.5. The van der Waals surface area contributed by atoms with Gasteiger partial charge in [0.05, 0.1) is 0 Å². The minimum absolute atomic E-state index is 0.226. The van der Waals surface area contributed by atoms with E-state index >= 15 is 0 Å². The van der Waals surface area contributed by atoms with Crippen molar-refractivity contribution in [2.24, 2.45) is 11.8 Å². The molecule has 0 spiro atoms. The molecule has 0 heterocycles. The van der Waals surface area contributed by atoms with E-state index in [2.05, 4.69) is 43.4 Å². The molecule has 1 saturated carbocycles. The van der Waals surface area contributed by atoms with Crippen molar-refractivity contribution in [2.45, 2.75) is 45.6 Å². The van der Waals surface area contributed by atoms with Crippen LogP contribution in [0.2, 0.25) is 0 Å². The van der Waals surface area contributed by atoms with E-state index in [1.165, 1.54) is 30.5 Å². The summed E-state index contributed by atoms with van der Waals surface area (Å²) in [5.41, 5.74) is 2.41. The summed E-state index contributed by atoms with van der Waals surface area (Å²) >= 11 is 0. The standard InChI is InChI=1S/C16H25NO/c1-12-4-3-5-13(2)16(12)17-15-8-6-14(7-9-15)10-11-18/h6-9,12-13,16-18H,3-5,10-11H2,1-2H3. The molecule has 0 radical (unpaired) electrons. The van der Waals surface area contributed by atoms with Gasteiger partial charge in [-0.25, -0.2) is 0 Å². The lowest BCUT2D eigenvalue weighted by Crippen LogP contribution is -2.37. The van der Waals surface area contributed by atoms with Crippen molar-refractivity contribution in [1.82, 2.24) is 0 Å². The van der Waals surface area contributed by atoms with Gasteiger partial charge in [-0.2, -0.15) is 0 Å². The van der Waals surface area contributed by atoms with Crippen LogP contribution < -0.4 is 5.32 Å². The highest BCUT2D eigenvalue weighted by molar-refractivity contribution is 5.45. The number of hydrogen-bond acceptors (Lipinski definition) is 2. The van der Waals surface area contributed by atoms with Crippen LogP contribution in [0.4, 0.5) is 5.69 Å². The normalized spacial score (nSPS) is 28.1. The van der Waals surface area contributed by atoms with E-state index in [1.54, 1.807) is 0 Å². The largest absolute Gasteiger partial charge is 0.396 e. The summed E-state index contributed by atoms with van der Waals surface area (Å²) in [5.74, 6) is 1.51. The van der Waals surface area contributed by atoms with Crippen LogP contribution >= 0.6 is 0 Å². The Kier molecular flexibility index (Phi) is 4.65. The van der Waals surface area contributed by atoms with Crippen molar-refractivity contribution in [3.63, 3.8) is 0 Å².